The molecule has 0 fully saturated rings. The lowest BCUT2D eigenvalue weighted by molar-refractivity contribution is -0.120. The second kappa shape index (κ2) is 12.0. The van der Waals surface area contributed by atoms with E-state index >= 15 is 0 Å². The van der Waals surface area contributed by atoms with Gasteiger partial charge in [0, 0.05) is 0 Å². The van der Waals surface area contributed by atoms with Crippen molar-refractivity contribution in [3.05, 3.63) is 104 Å². The molecule has 0 bridgehead atoms. The van der Waals surface area contributed by atoms with Crippen molar-refractivity contribution in [3.8, 4) is 11.5 Å². The van der Waals surface area contributed by atoms with Gasteiger partial charge < -0.3 is 9.47 Å². The highest BCUT2D eigenvalue weighted by atomic mass is 127. The summed E-state index contributed by atoms with van der Waals surface area (Å²) in [7, 11) is 0. The van der Waals surface area contributed by atoms with Gasteiger partial charge in [0.2, 0.25) is 5.91 Å². The van der Waals surface area contributed by atoms with Crippen molar-refractivity contribution in [2.24, 2.45) is 5.10 Å². The third-order valence-corrected chi connectivity index (χ3v) is 6.64. The number of nitrogens with zero attached hydrogens (tertiary/aromatic N) is 1. The summed E-state index contributed by atoms with van der Waals surface area (Å²) in [6.45, 7) is 6.90. The van der Waals surface area contributed by atoms with Gasteiger partial charge >= 0.3 is 0 Å². The number of halogens is 1. The zero-order chi connectivity index (χ0) is 25.5. The number of hydrazone groups is 1. The molecule has 4 aromatic rings. The van der Waals surface area contributed by atoms with Crippen LogP contribution in [0.25, 0.3) is 10.8 Å². The monoisotopic (exact) mass is 592 g/mol. The number of rotatable bonds is 9. The Hall–Kier alpha value is -3.39. The van der Waals surface area contributed by atoms with E-state index in [-0.39, 0.29) is 12.3 Å². The van der Waals surface area contributed by atoms with E-state index < -0.39 is 0 Å². The van der Waals surface area contributed by atoms with Crippen LogP contribution in [0.2, 0.25) is 0 Å². The van der Waals surface area contributed by atoms with Crippen molar-refractivity contribution < 1.29 is 14.3 Å². The Labute approximate surface area is 225 Å². The molecule has 184 valence electrons. The van der Waals surface area contributed by atoms with Gasteiger partial charge in [-0.15, -0.1) is 0 Å². The highest BCUT2D eigenvalue weighted by molar-refractivity contribution is 14.1. The van der Waals surface area contributed by atoms with Crippen LogP contribution in [0.5, 0.6) is 11.5 Å². The summed E-state index contributed by atoms with van der Waals surface area (Å²) in [6, 6.07) is 24.5. The Balaban J connectivity index is 1.46. The predicted molar refractivity (Wildman–Crippen MR) is 154 cm³/mol. The number of hydrogen-bond acceptors (Lipinski definition) is 4. The van der Waals surface area contributed by atoms with Gasteiger partial charge in [-0.3, -0.25) is 4.79 Å². The van der Waals surface area contributed by atoms with Gasteiger partial charge in [0.05, 0.1) is 22.8 Å². The Morgan fingerprint density at radius 1 is 0.972 bits per heavy atom. The number of ether oxygens (including phenoxy) is 2. The van der Waals surface area contributed by atoms with Crippen molar-refractivity contribution in [2.45, 2.75) is 33.8 Å². The van der Waals surface area contributed by atoms with E-state index in [1.54, 1.807) is 6.21 Å². The lowest BCUT2D eigenvalue weighted by atomic mass is 10.0. The van der Waals surface area contributed by atoms with E-state index in [9.17, 15) is 4.79 Å². The highest BCUT2D eigenvalue weighted by Gasteiger charge is 2.13. The molecule has 0 atom stereocenters. The maximum absolute atomic E-state index is 12.4. The minimum Gasteiger partial charge on any atom is -0.490 e. The second-order valence-electron chi connectivity index (χ2n) is 8.59. The molecular formula is C30H29IN2O3. The third kappa shape index (κ3) is 6.43. The molecule has 0 aliphatic rings. The molecule has 6 heteroatoms. The van der Waals surface area contributed by atoms with Crippen molar-refractivity contribution in [1.29, 1.82) is 0 Å². The van der Waals surface area contributed by atoms with E-state index in [2.05, 4.69) is 57.4 Å². The number of carbonyl (C=O) groups is 1. The fourth-order valence-electron chi connectivity index (χ4n) is 4.02. The average molecular weight is 592 g/mol. The summed E-state index contributed by atoms with van der Waals surface area (Å²) in [5.41, 5.74) is 7.79. The smallest absolute Gasteiger partial charge is 0.244 e. The van der Waals surface area contributed by atoms with Gasteiger partial charge in [0.25, 0.3) is 0 Å². The second-order valence-corrected chi connectivity index (χ2v) is 9.75. The summed E-state index contributed by atoms with van der Waals surface area (Å²) < 4.78 is 13.0. The standard InChI is InChI=1S/C30H29IN2O3/c1-4-35-28-16-22(18-32-33-29(34)17-25-14-20(2)12-13-21(25)3)15-27(31)30(28)36-19-24-10-7-9-23-8-5-6-11-26(23)24/h5-16,18H,4,17,19H2,1-3H3,(H,33,34)/b32-18+. The molecule has 0 heterocycles. The van der Waals surface area contributed by atoms with Gasteiger partial charge in [-0.1, -0.05) is 66.2 Å². The lowest BCUT2D eigenvalue weighted by Crippen LogP contribution is -2.20. The van der Waals surface area contributed by atoms with Gasteiger partial charge in [-0.05, 0) is 88.5 Å². The Morgan fingerprint density at radius 3 is 2.61 bits per heavy atom. The number of benzene rings is 4. The predicted octanol–water partition coefficient (Wildman–Crippen LogP) is 6.73. The molecule has 5 nitrogen and oxygen atoms in total. The van der Waals surface area contributed by atoms with Gasteiger partial charge in [-0.2, -0.15) is 5.10 Å². The number of carbonyl (C=O) groups excluding carboxylic acids is 1. The van der Waals surface area contributed by atoms with Crippen LogP contribution in [-0.4, -0.2) is 18.7 Å². The first-order valence-corrected chi connectivity index (χ1v) is 13.0. The minimum atomic E-state index is -0.158. The number of amides is 1. The maximum atomic E-state index is 12.4. The summed E-state index contributed by atoms with van der Waals surface area (Å²) in [4.78, 5) is 12.4. The zero-order valence-electron chi connectivity index (χ0n) is 20.7. The highest BCUT2D eigenvalue weighted by Crippen LogP contribution is 2.35. The third-order valence-electron chi connectivity index (χ3n) is 5.84. The largest absolute Gasteiger partial charge is 0.490 e. The van der Waals surface area contributed by atoms with Crippen molar-refractivity contribution in [3.63, 3.8) is 0 Å². The van der Waals surface area contributed by atoms with E-state index in [1.165, 1.54) is 10.8 Å². The molecule has 0 aliphatic heterocycles. The molecule has 0 aromatic heterocycles. The molecule has 1 amide bonds. The summed E-state index contributed by atoms with van der Waals surface area (Å²) in [5.74, 6) is 1.18. The SMILES string of the molecule is CCOc1cc(/C=N/NC(=O)Cc2cc(C)ccc2C)cc(I)c1OCc1cccc2ccccc12. The van der Waals surface area contributed by atoms with Crippen LogP contribution in [0, 0.1) is 17.4 Å². The topological polar surface area (TPSA) is 59.9 Å². The van der Waals surface area contributed by atoms with Gasteiger partial charge in [0.15, 0.2) is 11.5 Å². The normalized spacial score (nSPS) is 11.1. The number of hydrogen-bond donors (Lipinski definition) is 1. The van der Waals surface area contributed by atoms with E-state index in [4.69, 9.17) is 9.47 Å². The van der Waals surface area contributed by atoms with Crippen LogP contribution in [0.1, 0.15) is 34.7 Å². The van der Waals surface area contributed by atoms with Crippen LogP contribution >= 0.6 is 22.6 Å². The molecule has 0 spiro atoms. The van der Waals surface area contributed by atoms with E-state index in [1.807, 2.05) is 69.3 Å². The number of fused-ring (bicyclic) bond motifs is 1. The fraction of sp³-hybridized carbons (Fsp3) is 0.200. The van der Waals surface area contributed by atoms with Crippen LogP contribution in [0.15, 0.2) is 77.9 Å². The van der Waals surface area contributed by atoms with Crippen molar-refractivity contribution in [1.82, 2.24) is 5.43 Å². The van der Waals surface area contributed by atoms with Crippen LogP contribution < -0.4 is 14.9 Å². The van der Waals surface area contributed by atoms with Crippen LogP contribution in [0.3, 0.4) is 0 Å². The van der Waals surface area contributed by atoms with Crippen LogP contribution in [-0.2, 0) is 17.8 Å². The summed E-state index contributed by atoms with van der Waals surface area (Å²) >= 11 is 2.24. The molecule has 0 unspecified atom stereocenters. The minimum absolute atomic E-state index is 0.158. The van der Waals surface area contributed by atoms with Gasteiger partial charge in [-0.25, -0.2) is 5.43 Å². The first-order valence-electron chi connectivity index (χ1n) is 11.9. The molecule has 0 radical (unpaired) electrons. The fourth-order valence-corrected chi connectivity index (χ4v) is 4.80. The number of nitrogens with one attached hydrogen (secondary N) is 1. The molecule has 4 aromatic carbocycles. The lowest BCUT2D eigenvalue weighted by Gasteiger charge is -2.15. The zero-order valence-corrected chi connectivity index (χ0v) is 22.8. The Morgan fingerprint density at radius 2 is 1.78 bits per heavy atom. The van der Waals surface area contributed by atoms with Gasteiger partial charge in [0.1, 0.15) is 6.61 Å². The average Bonchev–Trinajstić information content (AvgIpc) is 2.86. The Kier molecular flexibility index (Phi) is 8.59. The van der Waals surface area contributed by atoms with E-state index in [0.29, 0.717) is 24.7 Å². The molecule has 0 saturated carbocycles. The summed E-state index contributed by atoms with van der Waals surface area (Å²) in [6.07, 6.45) is 1.91. The molecule has 36 heavy (non-hydrogen) atoms. The molecule has 0 aliphatic carbocycles. The van der Waals surface area contributed by atoms with Crippen LogP contribution in [0.4, 0.5) is 0 Å². The van der Waals surface area contributed by atoms with Crippen molar-refractivity contribution >= 4 is 45.5 Å². The van der Waals surface area contributed by atoms with Crippen molar-refractivity contribution in [2.75, 3.05) is 6.61 Å². The van der Waals surface area contributed by atoms with E-state index in [0.717, 1.165) is 31.4 Å². The quantitative estimate of drug-likeness (QED) is 0.133. The first kappa shape index (κ1) is 25.7. The molecule has 1 N–H and O–H groups in total. The molecular weight excluding hydrogens is 563 g/mol. The summed E-state index contributed by atoms with van der Waals surface area (Å²) in [5, 5.41) is 6.52. The first-order chi connectivity index (χ1) is 17.4. The maximum Gasteiger partial charge on any atom is 0.244 e. The molecule has 4 rings (SSSR count). The Bertz CT molecular complexity index is 1410. The number of aryl methyl sites for hydroxylation is 2. The molecule has 0 saturated heterocycles.